The van der Waals surface area contributed by atoms with Gasteiger partial charge < -0.3 is 19.4 Å². The summed E-state index contributed by atoms with van der Waals surface area (Å²) in [5, 5.41) is 5.76. The highest BCUT2D eigenvalue weighted by Crippen LogP contribution is 2.32. The summed E-state index contributed by atoms with van der Waals surface area (Å²) < 4.78 is 13.1. The topological polar surface area (TPSA) is 94.5 Å². The van der Waals surface area contributed by atoms with Gasteiger partial charge in [-0.25, -0.2) is 9.78 Å². The third-order valence-electron chi connectivity index (χ3n) is 4.36. The van der Waals surface area contributed by atoms with Gasteiger partial charge in [-0.05, 0) is 31.9 Å². The van der Waals surface area contributed by atoms with Crippen molar-refractivity contribution in [1.29, 1.82) is 0 Å². The number of carbonyl (C=O) groups excluding carboxylic acids is 2. The van der Waals surface area contributed by atoms with Crippen LogP contribution < -0.4 is 20.1 Å². The Kier molecular flexibility index (Phi) is 6.68. The third kappa shape index (κ3) is 5.44. The number of aryl methyl sites for hydroxylation is 1. The molecular weight excluding hydrogens is 392 g/mol. The number of ether oxygens (including phenoxy) is 2. The van der Waals surface area contributed by atoms with Crippen LogP contribution in [0.5, 0.6) is 11.5 Å². The molecule has 1 aromatic heterocycles. The van der Waals surface area contributed by atoms with E-state index in [4.69, 9.17) is 9.47 Å². The lowest BCUT2D eigenvalue weighted by Gasteiger charge is -2.19. The standard InChI is InChI=1S/C20H26N4O4S/c1-12(2)10-24-14(4)13(3)21-20(24)29-11-18(25)23-19(26)22-15-5-6-16-17(9-15)28-8-7-27-16/h5-6,9,12H,7-8,10-11H2,1-4H3,(H2,22,23,25,26). The molecule has 156 valence electrons. The molecule has 0 bridgehead atoms. The molecule has 2 aromatic rings. The van der Waals surface area contributed by atoms with Gasteiger partial charge >= 0.3 is 6.03 Å². The minimum absolute atomic E-state index is 0.0997. The summed E-state index contributed by atoms with van der Waals surface area (Å²) in [5.41, 5.74) is 2.56. The number of imide groups is 1. The summed E-state index contributed by atoms with van der Waals surface area (Å²) >= 11 is 1.32. The van der Waals surface area contributed by atoms with E-state index in [1.807, 2.05) is 13.8 Å². The number of carbonyl (C=O) groups is 2. The summed E-state index contributed by atoms with van der Waals surface area (Å²) in [6, 6.07) is 4.49. The summed E-state index contributed by atoms with van der Waals surface area (Å²) in [7, 11) is 0. The number of amides is 3. The fraction of sp³-hybridized carbons (Fsp3) is 0.450. The number of hydrogen-bond donors (Lipinski definition) is 2. The lowest BCUT2D eigenvalue weighted by molar-refractivity contribution is -0.117. The van der Waals surface area contributed by atoms with Crippen LogP contribution in [0.25, 0.3) is 0 Å². The highest BCUT2D eigenvalue weighted by Gasteiger charge is 2.16. The van der Waals surface area contributed by atoms with Gasteiger partial charge in [0.15, 0.2) is 16.7 Å². The number of hydrogen-bond acceptors (Lipinski definition) is 6. The van der Waals surface area contributed by atoms with Gasteiger partial charge in [0.1, 0.15) is 13.2 Å². The lowest BCUT2D eigenvalue weighted by Crippen LogP contribution is -2.35. The maximum Gasteiger partial charge on any atom is 0.325 e. The Morgan fingerprint density at radius 3 is 2.66 bits per heavy atom. The first-order valence-electron chi connectivity index (χ1n) is 9.50. The molecular formula is C20H26N4O4S. The Balaban J connectivity index is 1.53. The molecule has 29 heavy (non-hydrogen) atoms. The van der Waals surface area contributed by atoms with E-state index in [-0.39, 0.29) is 11.7 Å². The molecule has 0 atom stereocenters. The predicted molar refractivity (Wildman–Crippen MR) is 112 cm³/mol. The second-order valence-corrected chi connectivity index (χ2v) is 8.16. The normalized spacial score (nSPS) is 12.7. The number of rotatable bonds is 6. The van der Waals surface area contributed by atoms with Crippen molar-refractivity contribution in [3.05, 3.63) is 29.6 Å². The summed E-state index contributed by atoms with van der Waals surface area (Å²) in [6.45, 7) is 10.1. The largest absolute Gasteiger partial charge is 0.486 e. The van der Waals surface area contributed by atoms with Gasteiger partial charge in [0.05, 0.1) is 11.4 Å². The Bertz CT molecular complexity index is 910. The second-order valence-electron chi connectivity index (χ2n) is 7.22. The monoisotopic (exact) mass is 418 g/mol. The molecule has 3 rings (SSSR count). The van der Waals surface area contributed by atoms with Crippen LogP contribution in [0.1, 0.15) is 25.2 Å². The van der Waals surface area contributed by atoms with E-state index in [2.05, 4.69) is 34.0 Å². The second kappa shape index (κ2) is 9.21. The van der Waals surface area contributed by atoms with Crippen molar-refractivity contribution in [3.8, 4) is 11.5 Å². The first-order valence-corrected chi connectivity index (χ1v) is 10.5. The average Bonchev–Trinajstić information content (AvgIpc) is 2.93. The Hall–Kier alpha value is -2.68. The number of nitrogens with zero attached hydrogens (tertiary/aromatic N) is 2. The van der Waals surface area contributed by atoms with E-state index in [9.17, 15) is 9.59 Å². The third-order valence-corrected chi connectivity index (χ3v) is 5.33. The summed E-state index contributed by atoms with van der Waals surface area (Å²) in [4.78, 5) is 28.9. The number of thioether (sulfide) groups is 1. The molecule has 0 saturated carbocycles. The van der Waals surface area contributed by atoms with Crippen LogP contribution in [0, 0.1) is 19.8 Å². The molecule has 0 spiro atoms. The van der Waals surface area contributed by atoms with Gasteiger partial charge in [-0.2, -0.15) is 0 Å². The maximum absolute atomic E-state index is 12.2. The van der Waals surface area contributed by atoms with Crippen molar-refractivity contribution >= 4 is 29.4 Å². The minimum Gasteiger partial charge on any atom is -0.486 e. The zero-order valence-corrected chi connectivity index (χ0v) is 17.9. The number of benzene rings is 1. The SMILES string of the molecule is Cc1nc(SCC(=O)NC(=O)Nc2ccc3c(c2)OCCO3)n(CC(C)C)c1C. The van der Waals surface area contributed by atoms with E-state index >= 15 is 0 Å². The van der Waals surface area contributed by atoms with Crippen molar-refractivity contribution < 1.29 is 19.1 Å². The zero-order valence-electron chi connectivity index (χ0n) is 17.1. The first kappa shape index (κ1) is 21.0. The fourth-order valence-electron chi connectivity index (χ4n) is 2.89. The molecule has 3 amide bonds. The maximum atomic E-state index is 12.2. The van der Waals surface area contributed by atoms with Crippen molar-refractivity contribution in [3.63, 3.8) is 0 Å². The number of anilines is 1. The summed E-state index contributed by atoms with van der Waals surface area (Å²) in [6.07, 6.45) is 0. The van der Waals surface area contributed by atoms with Crippen LogP contribution in [-0.2, 0) is 11.3 Å². The Labute approximate surface area is 174 Å². The molecule has 2 N–H and O–H groups in total. The number of aromatic nitrogens is 2. The molecule has 1 aromatic carbocycles. The van der Waals surface area contributed by atoms with Crippen molar-refractivity contribution in [1.82, 2.24) is 14.9 Å². The number of nitrogens with one attached hydrogen (secondary N) is 2. The predicted octanol–water partition coefficient (Wildman–Crippen LogP) is 3.37. The van der Waals surface area contributed by atoms with Crippen LogP contribution >= 0.6 is 11.8 Å². The van der Waals surface area contributed by atoms with Crippen LogP contribution in [0.2, 0.25) is 0 Å². The van der Waals surface area contributed by atoms with Crippen molar-refractivity contribution in [2.75, 3.05) is 24.3 Å². The first-order chi connectivity index (χ1) is 13.8. The molecule has 9 heteroatoms. The van der Waals surface area contributed by atoms with Crippen molar-refractivity contribution in [2.24, 2.45) is 5.92 Å². The molecule has 0 saturated heterocycles. The van der Waals surface area contributed by atoms with Gasteiger partial charge in [0, 0.05) is 24.0 Å². The Morgan fingerprint density at radius 1 is 1.21 bits per heavy atom. The van der Waals surface area contributed by atoms with Crippen molar-refractivity contribution in [2.45, 2.75) is 39.4 Å². The fourth-order valence-corrected chi connectivity index (χ4v) is 3.79. The van der Waals surface area contributed by atoms with E-state index in [1.54, 1.807) is 18.2 Å². The molecule has 1 aliphatic rings. The number of fused-ring (bicyclic) bond motifs is 1. The van der Waals surface area contributed by atoms with Gasteiger partial charge in [0.2, 0.25) is 5.91 Å². The van der Waals surface area contributed by atoms with E-state index < -0.39 is 6.03 Å². The number of imidazole rings is 1. The highest BCUT2D eigenvalue weighted by molar-refractivity contribution is 7.99. The number of urea groups is 1. The van der Waals surface area contributed by atoms with E-state index in [1.165, 1.54) is 11.8 Å². The van der Waals surface area contributed by atoms with Gasteiger partial charge in [-0.15, -0.1) is 0 Å². The van der Waals surface area contributed by atoms with Crippen LogP contribution in [0.3, 0.4) is 0 Å². The molecule has 0 fully saturated rings. The Morgan fingerprint density at radius 2 is 1.93 bits per heavy atom. The average molecular weight is 419 g/mol. The smallest absolute Gasteiger partial charge is 0.325 e. The zero-order chi connectivity index (χ0) is 21.0. The van der Waals surface area contributed by atoms with E-state index in [0.29, 0.717) is 36.3 Å². The van der Waals surface area contributed by atoms with Crippen LogP contribution in [0.4, 0.5) is 10.5 Å². The van der Waals surface area contributed by atoms with Gasteiger partial charge in [-0.3, -0.25) is 10.1 Å². The van der Waals surface area contributed by atoms with Crippen LogP contribution in [0.15, 0.2) is 23.4 Å². The molecule has 2 heterocycles. The quantitative estimate of drug-likeness (QED) is 0.699. The molecule has 8 nitrogen and oxygen atoms in total. The lowest BCUT2D eigenvalue weighted by atomic mass is 10.2. The van der Waals surface area contributed by atoms with E-state index in [0.717, 1.165) is 23.1 Å². The molecule has 0 aliphatic carbocycles. The minimum atomic E-state index is -0.592. The highest BCUT2D eigenvalue weighted by atomic mass is 32.2. The van der Waals surface area contributed by atoms with Gasteiger partial charge in [-0.1, -0.05) is 25.6 Å². The van der Waals surface area contributed by atoms with Gasteiger partial charge in [0.25, 0.3) is 0 Å². The molecule has 1 aliphatic heterocycles. The van der Waals surface area contributed by atoms with Crippen LogP contribution in [-0.4, -0.2) is 40.5 Å². The molecule has 0 unspecified atom stereocenters. The summed E-state index contributed by atoms with van der Waals surface area (Å²) in [5.74, 6) is 1.38. The molecule has 0 radical (unpaired) electrons.